The van der Waals surface area contributed by atoms with Gasteiger partial charge >= 0.3 is 0 Å². The maximum Gasteiger partial charge on any atom is 0.300 e. The first kappa shape index (κ1) is 21.9. The Labute approximate surface area is 194 Å². The van der Waals surface area contributed by atoms with Gasteiger partial charge in [0.1, 0.15) is 23.3 Å². The van der Waals surface area contributed by atoms with Crippen molar-refractivity contribution in [2.24, 2.45) is 0 Å². The van der Waals surface area contributed by atoms with Crippen LogP contribution in [0.25, 0.3) is 5.76 Å². The number of hydrogen-bond acceptors (Lipinski definition) is 6. The predicted molar refractivity (Wildman–Crippen MR) is 125 cm³/mol. The molecule has 0 radical (unpaired) electrons. The number of nitrogens with zero attached hydrogens (tertiary/aromatic N) is 1. The van der Waals surface area contributed by atoms with Crippen molar-refractivity contribution < 1.29 is 24.2 Å². The molecule has 2 heterocycles. The summed E-state index contributed by atoms with van der Waals surface area (Å²) in [6, 6.07) is 14.5. The first-order valence-electron chi connectivity index (χ1n) is 9.87. The van der Waals surface area contributed by atoms with Crippen molar-refractivity contribution in [3.05, 3.63) is 81.0 Å². The number of hydrogen-bond donors (Lipinski definition) is 1. The van der Waals surface area contributed by atoms with E-state index in [4.69, 9.17) is 21.1 Å². The molecule has 1 saturated heterocycles. The first-order valence-corrected chi connectivity index (χ1v) is 11.1. The Kier molecular flexibility index (Phi) is 6.21. The van der Waals surface area contributed by atoms with Crippen molar-refractivity contribution >= 4 is 46.1 Å². The SMILES string of the molecule is CCOc1ccc(Cl)c(/C(O)=C2/C(=O)C(=O)N(c3ccc(OC)cc3)C2c2cccs2)c1. The number of aliphatic hydroxyl groups is 1. The van der Waals surface area contributed by atoms with Crippen LogP contribution in [0.5, 0.6) is 11.5 Å². The number of ketones is 1. The molecule has 1 N–H and O–H groups in total. The van der Waals surface area contributed by atoms with Gasteiger partial charge in [-0.05, 0) is 60.8 Å². The van der Waals surface area contributed by atoms with E-state index in [1.807, 2.05) is 24.4 Å². The van der Waals surface area contributed by atoms with Crippen molar-refractivity contribution in [3.8, 4) is 11.5 Å². The minimum absolute atomic E-state index is 0.0242. The normalized spacial score (nSPS) is 17.6. The number of carbonyl (C=O) groups is 2. The van der Waals surface area contributed by atoms with Gasteiger partial charge in [-0.2, -0.15) is 0 Å². The first-order chi connectivity index (χ1) is 15.5. The zero-order chi connectivity index (χ0) is 22.8. The topological polar surface area (TPSA) is 76.1 Å². The number of benzene rings is 2. The van der Waals surface area contributed by atoms with Crippen molar-refractivity contribution in [2.75, 3.05) is 18.6 Å². The molecule has 2 aromatic carbocycles. The number of amides is 1. The van der Waals surface area contributed by atoms with Crippen molar-refractivity contribution in [2.45, 2.75) is 13.0 Å². The van der Waals surface area contributed by atoms with Gasteiger partial charge in [-0.3, -0.25) is 14.5 Å². The number of halogens is 1. The largest absolute Gasteiger partial charge is 0.507 e. The summed E-state index contributed by atoms with van der Waals surface area (Å²) < 4.78 is 10.7. The molecule has 0 bridgehead atoms. The third-order valence-corrected chi connectivity index (χ3v) is 6.37. The molecule has 4 rings (SSSR count). The second kappa shape index (κ2) is 9.06. The summed E-state index contributed by atoms with van der Waals surface area (Å²) in [5.74, 6) is -0.737. The summed E-state index contributed by atoms with van der Waals surface area (Å²) in [5.41, 5.74) is 0.718. The average molecular weight is 470 g/mol. The standard InChI is InChI=1S/C24H20ClNO5S/c1-3-31-16-10-11-18(25)17(13-16)22(27)20-21(19-5-4-12-32-19)26(24(29)23(20)28)14-6-8-15(30-2)9-7-14/h4-13,21,27H,3H2,1-2H3/b22-20-. The maximum absolute atomic E-state index is 13.2. The van der Waals surface area contributed by atoms with Crippen LogP contribution in [0.3, 0.4) is 0 Å². The fourth-order valence-electron chi connectivity index (χ4n) is 3.65. The molecule has 8 heteroatoms. The molecule has 0 aliphatic carbocycles. The van der Waals surface area contributed by atoms with Crippen LogP contribution in [0.4, 0.5) is 5.69 Å². The zero-order valence-corrected chi connectivity index (χ0v) is 18.9. The molecule has 1 fully saturated rings. The third-order valence-electron chi connectivity index (χ3n) is 5.11. The molecule has 3 aromatic rings. The fourth-order valence-corrected chi connectivity index (χ4v) is 4.68. The Hall–Kier alpha value is -3.29. The van der Waals surface area contributed by atoms with Gasteiger partial charge in [-0.15, -0.1) is 11.3 Å². The molecule has 1 aliphatic rings. The summed E-state index contributed by atoms with van der Waals surface area (Å²) in [6.07, 6.45) is 0. The Balaban J connectivity index is 1.90. The summed E-state index contributed by atoms with van der Waals surface area (Å²) in [7, 11) is 1.55. The van der Waals surface area contributed by atoms with Crippen LogP contribution < -0.4 is 14.4 Å². The van der Waals surface area contributed by atoms with E-state index in [1.54, 1.807) is 49.6 Å². The Morgan fingerprint density at radius 1 is 1.12 bits per heavy atom. The molecule has 1 amide bonds. The van der Waals surface area contributed by atoms with Gasteiger partial charge in [0.05, 0.1) is 24.3 Å². The van der Waals surface area contributed by atoms with Crippen molar-refractivity contribution in [1.82, 2.24) is 0 Å². The number of rotatable bonds is 6. The van der Waals surface area contributed by atoms with Crippen LogP contribution in [0.1, 0.15) is 23.4 Å². The van der Waals surface area contributed by atoms with Gasteiger partial charge in [-0.25, -0.2) is 0 Å². The highest BCUT2D eigenvalue weighted by Crippen LogP contribution is 2.44. The van der Waals surface area contributed by atoms with Crippen LogP contribution in [-0.4, -0.2) is 30.5 Å². The van der Waals surface area contributed by atoms with E-state index < -0.39 is 17.7 Å². The monoisotopic (exact) mass is 469 g/mol. The summed E-state index contributed by atoms with van der Waals surface area (Å²) in [6.45, 7) is 2.27. The quantitative estimate of drug-likeness (QED) is 0.296. The van der Waals surface area contributed by atoms with E-state index in [9.17, 15) is 14.7 Å². The molecule has 0 spiro atoms. The average Bonchev–Trinajstić information content (AvgIpc) is 3.42. The van der Waals surface area contributed by atoms with Gasteiger partial charge in [0, 0.05) is 16.1 Å². The molecule has 1 atom stereocenters. The lowest BCUT2D eigenvalue weighted by molar-refractivity contribution is -0.132. The van der Waals surface area contributed by atoms with Gasteiger partial charge in [0.15, 0.2) is 0 Å². The van der Waals surface area contributed by atoms with Gasteiger partial charge in [0.25, 0.3) is 11.7 Å². The second-order valence-corrected chi connectivity index (χ2v) is 8.34. The molecule has 1 aliphatic heterocycles. The third kappa shape index (κ3) is 3.85. The van der Waals surface area contributed by atoms with Crippen molar-refractivity contribution in [3.63, 3.8) is 0 Å². The zero-order valence-electron chi connectivity index (χ0n) is 17.4. The van der Waals surface area contributed by atoms with Crippen LogP contribution in [-0.2, 0) is 9.59 Å². The van der Waals surface area contributed by atoms with E-state index in [1.165, 1.54) is 16.2 Å². The second-order valence-electron chi connectivity index (χ2n) is 6.96. The minimum Gasteiger partial charge on any atom is -0.507 e. The Morgan fingerprint density at radius 2 is 1.84 bits per heavy atom. The summed E-state index contributed by atoms with van der Waals surface area (Å²) in [5, 5.41) is 13.3. The lowest BCUT2D eigenvalue weighted by Gasteiger charge is -2.24. The molecule has 1 unspecified atom stereocenters. The van der Waals surface area contributed by atoms with E-state index in [2.05, 4.69) is 0 Å². The van der Waals surface area contributed by atoms with Crippen LogP contribution in [0, 0.1) is 0 Å². The number of thiophene rings is 1. The smallest absolute Gasteiger partial charge is 0.300 e. The number of Topliss-reactive ketones (excluding diaryl/α,β-unsaturated/α-hetero) is 1. The summed E-state index contributed by atoms with van der Waals surface area (Å²) in [4.78, 5) is 28.4. The van der Waals surface area contributed by atoms with Crippen LogP contribution in [0.2, 0.25) is 5.02 Å². The Morgan fingerprint density at radius 3 is 2.47 bits per heavy atom. The number of carbonyl (C=O) groups excluding carboxylic acids is 2. The number of anilines is 1. The van der Waals surface area contributed by atoms with E-state index >= 15 is 0 Å². The molecule has 1 aromatic heterocycles. The van der Waals surface area contributed by atoms with E-state index in [0.717, 1.165) is 4.88 Å². The number of methoxy groups -OCH3 is 1. The maximum atomic E-state index is 13.2. The minimum atomic E-state index is -0.796. The number of ether oxygens (including phenoxy) is 2. The predicted octanol–water partition coefficient (Wildman–Crippen LogP) is 5.44. The van der Waals surface area contributed by atoms with Crippen LogP contribution >= 0.6 is 22.9 Å². The molecule has 0 saturated carbocycles. The molecule has 32 heavy (non-hydrogen) atoms. The lowest BCUT2D eigenvalue weighted by atomic mass is 9.99. The highest BCUT2D eigenvalue weighted by molar-refractivity contribution is 7.10. The molecular formula is C24H20ClNO5S. The van der Waals surface area contributed by atoms with E-state index in [0.29, 0.717) is 23.8 Å². The van der Waals surface area contributed by atoms with Gasteiger partial charge in [0.2, 0.25) is 0 Å². The Bertz CT molecular complexity index is 1190. The highest BCUT2D eigenvalue weighted by Gasteiger charge is 2.47. The molecular weight excluding hydrogens is 450 g/mol. The number of aliphatic hydroxyl groups excluding tert-OH is 1. The van der Waals surface area contributed by atoms with Crippen molar-refractivity contribution in [1.29, 1.82) is 0 Å². The highest BCUT2D eigenvalue weighted by atomic mass is 35.5. The van der Waals surface area contributed by atoms with Gasteiger partial charge < -0.3 is 14.6 Å². The van der Waals surface area contributed by atoms with Crippen LogP contribution in [0.15, 0.2) is 65.6 Å². The molecule has 6 nitrogen and oxygen atoms in total. The van der Waals surface area contributed by atoms with Gasteiger partial charge in [-0.1, -0.05) is 17.7 Å². The molecule has 164 valence electrons. The summed E-state index contributed by atoms with van der Waals surface area (Å²) >= 11 is 7.73. The fraction of sp³-hybridized carbons (Fsp3) is 0.167. The lowest BCUT2D eigenvalue weighted by Crippen LogP contribution is -2.29. The van der Waals surface area contributed by atoms with E-state index in [-0.39, 0.29) is 21.9 Å².